The monoisotopic (exact) mass is 723 g/mol. The van der Waals surface area contributed by atoms with Gasteiger partial charge in [-0.2, -0.15) is 0 Å². The first-order valence-corrected chi connectivity index (χ1v) is 23.2. The summed E-state index contributed by atoms with van der Waals surface area (Å²) in [5, 5.41) is 3.49. The Morgan fingerprint density at radius 2 is 0.957 bits per heavy atom. The van der Waals surface area contributed by atoms with Gasteiger partial charge in [-0.25, -0.2) is 0 Å². The van der Waals surface area contributed by atoms with E-state index in [1.807, 2.05) is 72.7 Å². The summed E-state index contributed by atoms with van der Waals surface area (Å²) in [4.78, 5) is 0. The number of nitrogens with two attached hydrogens (primary N) is 2. The number of rotatable bonds is 28. The summed E-state index contributed by atoms with van der Waals surface area (Å²) in [5.41, 5.74) is 13.6. The molecule has 0 fully saturated rings. The molecule has 1 aromatic rings. The van der Waals surface area contributed by atoms with Crippen LogP contribution in [-0.4, -0.2) is 100 Å². The van der Waals surface area contributed by atoms with Crippen LogP contribution in [0.4, 0.5) is 0 Å². The zero-order valence-corrected chi connectivity index (χ0v) is 34.2. The quantitative estimate of drug-likeness (QED) is 0.0605. The lowest BCUT2D eigenvalue weighted by molar-refractivity contribution is 0.0705. The molecule has 1 rings (SSSR count). The summed E-state index contributed by atoms with van der Waals surface area (Å²) in [6.45, 7) is 19.5. The Bertz CT molecular complexity index is 830. The van der Waals surface area contributed by atoms with E-state index >= 15 is 0 Å². The Morgan fingerprint density at radius 3 is 1.30 bits per heavy atom. The molecule has 0 radical (unpaired) electrons. The molecule has 5 N–H and O–H groups in total. The third kappa shape index (κ3) is 17.2. The summed E-state index contributed by atoms with van der Waals surface area (Å²) in [7, 11) is -2.76. The van der Waals surface area contributed by atoms with Gasteiger partial charge in [0.1, 0.15) is 0 Å². The van der Waals surface area contributed by atoms with E-state index in [0.717, 1.165) is 55.6 Å². The van der Waals surface area contributed by atoms with Crippen LogP contribution >= 0.6 is 0 Å². The second-order valence-corrected chi connectivity index (χ2v) is 19.3. The standard InChI is InChI=1S/C18H43NO6Si2.C14H26N2O3Si/c1-7-20-26(21-8-2,22-9-3)17-13-15-19-16-14-18-27(23-10-4,24-11-5)25-12-6;1-5-14(15,16)13-9-7-6-8-12(13)10-11-20(17-2,18-3)19-4/h19H,7-18H2,1-6H3;6-9H,5,10-11,15-16H2,1-4H3. The van der Waals surface area contributed by atoms with Crippen molar-refractivity contribution in [1.82, 2.24) is 5.32 Å². The molecule has 0 amide bonds. The van der Waals surface area contributed by atoms with Crippen LogP contribution in [0.3, 0.4) is 0 Å². The Kier molecular flexibility index (Phi) is 25.9. The highest BCUT2D eigenvalue weighted by molar-refractivity contribution is 6.61. The number of hydrogen-bond acceptors (Lipinski definition) is 12. The maximum atomic E-state index is 6.17. The average molecular weight is 724 g/mol. The molecule has 0 bridgehead atoms. The molecule has 0 aliphatic carbocycles. The van der Waals surface area contributed by atoms with Crippen LogP contribution in [-0.2, 0) is 51.9 Å². The first-order valence-electron chi connectivity index (χ1n) is 17.4. The van der Waals surface area contributed by atoms with Gasteiger partial charge >= 0.3 is 26.4 Å². The lowest BCUT2D eigenvalue weighted by Gasteiger charge is -2.29. The summed E-state index contributed by atoms with van der Waals surface area (Å²) in [5.74, 6) is 0. The van der Waals surface area contributed by atoms with Crippen LogP contribution in [0.2, 0.25) is 18.1 Å². The zero-order chi connectivity index (χ0) is 35.7. The van der Waals surface area contributed by atoms with Gasteiger partial charge in [0.25, 0.3) is 0 Å². The Hall–Kier alpha value is -0.609. The summed E-state index contributed by atoms with van der Waals surface area (Å²) < 4.78 is 51.6. The molecule has 278 valence electrons. The number of hydrogen-bond donors (Lipinski definition) is 3. The van der Waals surface area contributed by atoms with Crippen molar-refractivity contribution in [1.29, 1.82) is 0 Å². The fraction of sp³-hybridized carbons (Fsp3) is 0.812. The SMILES string of the molecule is CCC(N)(N)c1ccccc1CC[Si](OC)(OC)OC.CCO[Si](CCCNCCC[Si](OCC)(OCC)OCC)(OCC)OCC. The normalized spacial score (nSPS) is 12.7. The minimum atomic E-state index is -2.57. The predicted molar refractivity (Wildman–Crippen MR) is 195 cm³/mol. The van der Waals surface area contributed by atoms with Crippen LogP contribution in [0.5, 0.6) is 0 Å². The molecule has 0 aromatic heterocycles. The third-order valence-electron chi connectivity index (χ3n) is 7.60. The van der Waals surface area contributed by atoms with Crippen molar-refractivity contribution in [2.24, 2.45) is 11.5 Å². The fourth-order valence-electron chi connectivity index (χ4n) is 5.21. The maximum absolute atomic E-state index is 6.17. The van der Waals surface area contributed by atoms with E-state index in [1.54, 1.807) is 21.3 Å². The van der Waals surface area contributed by atoms with Crippen molar-refractivity contribution in [3.05, 3.63) is 35.4 Å². The van der Waals surface area contributed by atoms with Gasteiger partial charge in [-0.1, -0.05) is 31.2 Å². The molecular weight excluding hydrogens is 655 g/mol. The molecule has 47 heavy (non-hydrogen) atoms. The zero-order valence-electron chi connectivity index (χ0n) is 31.2. The van der Waals surface area contributed by atoms with E-state index in [-0.39, 0.29) is 0 Å². The number of benzene rings is 1. The van der Waals surface area contributed by atoms with Gasteiger partial charge in [-0.15, -0.1) is 0 Å². The van der Waals surface area contributed by atoms with Crippen molar-refractivity contribution in [2.45, 2.75) is 97.9 Å². The fourth-order valence-corrected chi connectivity index (χ4v) is 12.1. The van der Waals surface area contributed by atoms with Gasteiger partial charge in [-0.3, -0.25) is 0 Å². The third-order valence-corrected chi connectivity index (χ3v) is 16.6. The van der Waals surface area contributed by atoms with Crippen molar-refractivity contribution < 1.29 is 39.8 Å². The molecule has 15 heteroatoms. The van der Waals surface area contributed by atoms with Crippen molar-refractivity contribution in [2.75, 3.05) is 74.1 Å². The molecule has 0 saturated heterocycles. The number of nitrogens with one attached hydrogen (secondary N) is 1. The second-order valence-electron chi connectivity index (χ2n) is 10.8. The van der Waals surface area contributed by atoms with Crippen LogP contribution < -0.4 is 16.8 Å². The molecule has 0 heterocycles. The molecule has 0 aliphatic heterocycles. The molecular formula is C32H69N3O9Si3. The minimum absolute atomic E-state index is 0.624. The van der Waals surface area contributed by atoms with E-state index < -0.39 is 32.1 Å². The number of aryl methyl sites for hydroxylation is 1. The highest BCUT2D eigenvalue weighted by Crippen LogP contribution is 2.25. The molecule has 0 unspecified atom stereocenters. The largest absolute Gasteiger partial charge is 0.500 e. The first-order chi connectivity index (χ1) is 22.5. The average Bonchev–Trinajstić information content (AvgIpc) is 3.06. The van der Waals surface area contributed by atoms with Crippen LogP contribution in [0.15, 0.2) is 24.3 Å². The Balaban J connectivity index is 0.000000939. The minimum Gasteiger partial charge on any atom is -0.377 e. The van der Waals surface area contributed by atoms with E-state index in [0.29, 0.717) is 52.1 Å². The smallest absolute Gasteiger partial charge is 0.377 e. The highest BCUT2D eigenvalue weighted by atomic mass is 28.4. The Morgan fingerprint density at radius 1 is 0.574 bits per heavy atom. The van der Waals surface area contributed by atoms with Gasteiger partial charge < -0.3 is 56.6 Å². The van der Waals surface area contributed by atoms with Crippen molar-refractivity contribution >= 4 is 26.4 Å². The highest BCUT2D eigenvalue weighted by Gasteiger charge is 2.41. The van der Waals surface area contributed by atoms with Gasteiger partial charge in [0, 0.05) is 79.1 Å². The Labute approximate surface area is 289 Å². The molecule has 0 saturated carbocycles. The van der Waals surface area contributed by atoms with E-state index in [1.165, 1.54) is 0 Å². The summed E-state index contributed by atoms with van der Waals surface area (Å²) >= 11 is 0. The first kappa shape index (κ1) is 46.4. The lowest BCUT2D eigenvalue weighted by atomic mass is 9.92. The molecule has 12 nitrogen and oxygen atoms in total. The summed E-state index contributed by atoms with van der Waals surface area (Å²) in [6.07, 6.45) is 3.37. The van der Waals surface area contributed by atoms with Crippen LogP contribution in [0.1, 0.15) is 78.9 Å². The van der Waals surface area contributed by atoms with Crippen molar-refractivity contribution in [3.63, 3.8) is 0 Å². The van der Waals surface area contributed by atoms with E-state index in [4.69, 9.17) is 51.3 Å². The van der Waals surface area contributed by atoms with Gasteiger partial charge in [0.15, 0.2) is 0 Å². The predicted octanol–water partition coefficient (Wildman–Crippen LogP) is 5.04. The maximum Gasteiger partial charge on any atom is 0.500 e. The van der Waals surface area contributed by atoms with Crippen LogP contribution in [0, 0.1) is 0 Å². The van der Waals surface area contributed by atoms with Gasteiger partial charge in [-0.05, 0) is 91.4 Å². The molecule has 0 spiro atoms. The molecule has 0 aliphatic rings. The topological polar surface area (TPSA) is 147 Å². The van der Waals surface area contributed by atoms with Gasteiger partial charge in [0.2, 0.25) is 0 Å². The van der Waals surface area contributed by atoms with Crippen LogP contribution in [0.25, 0.3) is 0 Å². The van der Waals surface area contributed by atoms with E-state index in [9.17, 15) is 0 Å². The molecule has 1 aromatic carbocycles. The van der Waals surface area contributed by atoms with Crippen molar-refractivity contribution in [3.8, 4) is 0 Å². The van der Waals surface area contributed by atoms with Gasteiger partial charge in [0.05, 0.1) is 5.66 Å². The molecule has 0 atom stereocenters. The lowest BCUT2D eigenvalue weighted by Crippen LogP contribution is -2.46. The van der Waals surface area contributed by atoms with E-state index in [2.05, 4.69) is 5.32 Å². The second kappa shape index (κ2) is 26.2. The summed E-state index contributed by atoms with van der Waals surface area (Å²) in [6, 6.07) is 10.3.